The number of hydrogen-bond donors (Lipinski definition) is 2. The molecule has 0 aliphatic rings. The molecule has 0 saturated carbocycles. The number of nitrogens with two attached hydrogens (primary N) is 1. The van der Waals surface area contributed by atoms with E-state index in [1.165, 1.54) is 0 Å². The second-order valence-electron chi connectivity index (χ2n) is 3.71. The summed E-state index contributed by atoms with van der Waals surface area (Å²) in [6.07, 6.45) is 0. The van der Waals surface area contributed by atoms with Gasteiger partial charge in [0.25, 0.3) is 5.91 Å². The third-order valence-corrected chi connectivity index (χ3v) is 2.14. The highest BCUT2D eigenvalue weighted by atomic mass is 35.5. The molecular weight excluding hydrogens is 250 g/mol. The summed E-state index contributed by atoms with van der Waals surface area (Å²) in [6.45, 7) is 2.69. The van der Waals surface area contributed by atoms with Crippen molar-refractivity contribution in [2.45, 2.75) is 6.92 Å². The lowest BCUT2D eigenvalue weighted by atomic mass is 10.1. The van der Waals surface area contributed by atoms with Gasteiger partial charge in [0.05, 0.1) is 0 Å². The predicted octanol–water partition coefficient (Wildman–Crippen LogP) is 1.71. The summed E-state index contributed by atoms with van der Waals surface area (Å²) >= 11 is 0. The van der Waals surface area contributed by atoms with Crippen LogP contribution in [0.4, 0.5) is 8.78 Å². The van der Waals surface area contributed by atoms with Crippen LogP contribution in [0.5, 0.6) is 0 Å². The normalized spacial score (nSPS) is 11.5. The number of rotatable bonds is 4. The first-order valence-corrected chi connectivity index (χ1v) is 4.97. The minimum atomic E-state index is -0.767. The van der Waals surface area contributed by atoms with Crippen molar-refractivity contribution >= 4 is 18.3 Å². The molecular formula is C11H15ClF2N2O. The molecule has 0 aromatic heterocycles. The molecule has 6 heteroatoms. The molecule has 1 aromatic rings. The predicted molar refractivity (Wildman–Crippen MR) is 64.2 cm³/mol. The lowest BCUT2D eigenvalue weighted by Gasteiger charge is -2.10. The molecule has 0 spiro atoms. The summed E-state index contributed by atoms with van der Waals surface area (Å²) in [5.74, 6) is -1.91. The summed E-state index contributed by atoms with van der Waals surface area (Å²) in [5, 5.41) is 2.55. The van der Waals surface area contributed by atoms with Crippen LogP contribution in [0.2, 0.25) is 0 Å². The first kappa shape index (κ1) is 15.8. The highest BCUT2D eigenvalue weighted by Crippen LogP contribution is 2.07. The Hall–Kier alpha value is -1.20. The zero-order chi connectivity index (χ0) is 12.1. The second kappa shape index (κ2) is 7.19. The van der Waals surface area contributed by atoms with Crippen LogP contribution >= 0.6 is 12.4 Å². The Balaban J connectivity index is 0.00000256. The zero-order valence-electron chi connectivity index (χ0n) is 9.37. The average molecular weight is 265 g/mol. The van der Waals surface area contributed by atoms with Crippen LogP contribution in [0.3, 0.4) is 0 Å². The van der Waals surface area contributed by atoms with Gasteiger partial charge in [-0.15, -0.1) is 12.4 Å². The fraction of sp³-hybridized carbons (Fsp3) is 0.364. The Kier molecular flexibility index (Phi) is 6.68. The average Bonchev–Trinajstić information content (AvgIpc) is 2.23. The van der Waals surface area contributed by atoms with Crippen LogP contribution in [-0.4, -0.2) is 19.0 Å². The summed E-state index contributed by atoms with van der Waals surface area (Å²) < 4.78 is 25.6. The molecule has 0 fully saturated rings. The van der Waals surface area contributed by atoms with Gasteiger partial charge in [-0.05, 0) is 24.6 Å². The quantitative estimate of drug-likeness (QED) is 0.870. The summed E-state index contributed by atoms with van der Waals surface area (Å²) in [5.41, 5.74) is 5.35. The van der Waals surface area contributed by atoms with E-state index in [0.29, 0.717) is 13.1 Å². The largest absolute Gasteiger partial charge is 0.352 e. The van der Waals surface area contributed by atoms with Crippen molar-refractivity contribution in [3.05, 3.63) is 35.4 Å². The zero-order valence-corrected chi connectivity index (χ0v) is 10.2. The molecule has 3 nitrogen and oxygen atoms in total. The number of hydrogen-bond acceptors (Lipinski definition) is 2. The van der Waals surface area contributed by atoms with Crippen LogP contribution in [-0.2, 0) is 0 Å². The van der Waals surface area contributed by atoms with E-state index < -0.39 is 17.5 Å². The Morgan fingerprint density at radius 2 is 1.88 bits per heavy atom. The van der Waals surface area contributed by atoms with E-state index >= 15 is 0 Å². The fourth-order valence-electron chi connectivity index (χ4n) is 1.14. The fourth-order valence-corrected chi connectivity index (χ4v) is 1.14. The Morgan fingerprint density at radius 3 is 2.35 bits per heavy atom. The molecule has 0 aliphatic carbocycles. The van der Waals surface area contributed by atoms with Gasteiger partial charge in [0.1, 0.15) is 11.6 Å². The van der Waals surface area contributed by atoms with Gasteiger partial charge < -0.3 is 11.1 Å². The molecule has 0 saturated heterocycles. The lowest BCUT2D eigenvalue weighted by Crippen LogP contribution is -2.31. The van der Waals surface area contributed by atoms with E-state index in [0.717, 1.165) is 18.2 Å². The number of carbonyl (C=O) groups is 1. The van der Waals surface area contributed by atoms with Crippen LogP contribution in [0.15, 0.2) is 18.2 Å². The van der Waals surface area contributed by atoms with Gasteiger partial charge in [0.15, 0.2) is 0 Å². The van der Waals surface area contributed by atoms with Gasteiger partial charge in [-0.1, -0.05) is 6.92 Å². The number of amides is 1. The molecule has 1 aromatic carbocycles. The Morgan fingerprint density at radius 1 is 1.35 bits per heavy atom. The molecule has 0 heterocycles. The van der Waals surface area contributed by atoms with Gasteiger partial charge in [0.2, 0.25) is 0 Å². The summed E-state index contributed by atoms with van der Waals surface area (Å²) in [7, 11) is 0. The van der Waals surface area contributed by atoms with Crippen molar-refractivity contribution in [2.24, 2.45) is 11.7 Å². The van der Waals surface area contributed by atoms with E-state index in [2.05, 4.69) is 5.32 Å². The van der Waals surface area contributed by atoms with Gasteiger partial charge in [-0.3, -0.25) is 4.79 Å². The number of nitrogens with one attached hydrogen (secondary N) is 1. The summed E-state index contributed by atoms with van der Waals surface area (Å²) in [6, 6.07) is 2.70. The minimum Gasteiger partial charge on any atom is -0.352 e. The number of benzene rings is 1. The second-order valence-corrected chi connectivity index (χ2v) is 3.71. The highest BCUT2D eigenvalue weighted by Gasteiger charge is 2.09. The molecule has 1 unspecified atom stereocenters. The maximum atomic E-state index is 12.8. The minimum absolute atomic E-state index is 0. The molecule has 17 heavy (non-hydrogen) atoms. The van der Waals surface area contributed by atoms with Crippen molar-refractivity contribution in [2.75, 3.05) is 13.1 Å². The molecule has 0 radical (unpaired) electrons. The summed E-state index contributed by atoms with van der Waals surface area (Å²) in [4.78, 5) is 11.5. The first-order chi connectivity index (χ1) is 7.52. The van der Waals surface area contributed by atoms with Gasteiger partial charge in [0, 0.05) is 18.2 Å². The van der Waals surface area contributed by atoms with Gasteiger partial charge >= 0.3 is 0 Å². The van der Waals surface area contributed by atoms with Crippen LogP contribution < -0.4 is 11.1 Å². The van der Waals surface area contributed by atoms with E-state index in [9.17, 15) is 13.6 Å². The monoisotopic (exact) mass is 264 g/mol. The Labute approximate surface area is 105 Å². The molecule has 0 aliphatic heterocycles. The maximum Gasteiger partial charge on any atom is 0.251 e. The smallest absolute Gasteiger partial charge is 0.251 e. The van der Waals surface area contributed by atoms with Gasteiger partial charge in [-0.25, -0.2) is 8.78 Å². The standard InChI is InChI=1S/C11H14F2N2O.ClH/c1-7(5-14)6-15-11(16)8-2-9(12)4-10(13)3-8;/h2-4,7H,5-6,14H2,1H3,(H,15,16);1H. The third kappa shape index (κ3) is 5.10. The topological polar surface area (TPSA) is 55.1 Å². The van der Waals surface area contributed by atoms with E-state index in [4.69, 9.17) is 5.73 Å². The van der Waals surface area contributed by atoms with Crippen molar-refractivity contribution < 1.29 is 13.6 Å². The molecule has 1 rings (SSSR count). The molecule has 0 bridgehead atoms. The van der Waals surface area contributed by atoms with Crippen molar-refractivity contribution in [1.29, 1.82) is 0 Å². The van der Waals surface area contributed by atoms with Gasteiger partial charge in [-0.2, -0.15) is 0 Å². The molecule has 1 amide bonds. The third-order valence-electron chi connectivity index (χ3n) is 2.14. The lowest BCUT2D eigenvalue weighted by molar-refractivity contribution is 0.0947. The highest BCUT2D eigenvalue weighted by molar-refractivity contribution is 5.94. The molecule has 1 atom stereocenters. The van der Waals surface area contributed by atoms with Crippen molar-refractivity contribution in [3.63, 3.8) is 0 Å². The van der Waals surface area contributed by atoms with E-state index in [1.54, 1.807) is 0 Å². The molecule has 3 N–H and O–H groups in total. The first-order valence-electron chi connectivity index (χ1n) is 4.97. The van der Waals surface area contributed by atoms with Crippen LogP contribution in [0.1, 0.15) is 17.3 Å². The molecule has 96 valence electrons. The van der Waals surface area contributed by atoms with Crippen LogP contribution in [0, 0.1) is 17.6 Å². The number of carbonyl (C=O) groups excluding carboxylic acids is 1. The maximum absolute atomic E-state index is 12.8. The SMILES string of the molecule is CC(CN)CNC(=O)c1cc(F)cc(F)c1.Cl. The van der Waals surface area contributed by atoms with Crippen LogP contribution in [0.25, 0.3) is 0 Å². The van der Waals surface area contributed by atoms with E-state index in [1.807, 2.05) is 6.92 Å². The Bertz CT molecular complexity index is 367. The number of halogens is 3. The van der Waals surface area contributed by atoms with Crippen molar-refractivity contribution in [3.8, 4) is 0 Å². The van der Waals surface area contributed by atoms with E-state index in [-0.39, 0.29) is 23.9 Å². The van der Waals surface area contributed by atoms with Crippen molar-refractivity contribution in [1.82, 2.24) is 5.32 Å².